The molecule has 230 valence electrons. The molecule has 0 spiro atoms. The van der Waals surface area contributed by atoms with E-state index in [1.54, 1.807) is 16.0 Å². The van der Waals surface area contributed by atoms with Crippen molar-refractivity contribution in [3.05, 3.63) is 121 Å². The van der Waals surface area contributed by atoms with Crippen LogP contribution in [-0.2, 0) is 21.7 Å². The van der Waals surface area contributed by atoms with Gasteiger partial charge in [0.2, 0.25) is 18.2 Å². The van der Waals surface area contributed by atoms with Crippen LogP contribution in [0.4, 0.5) is 11.5 Å². The first-order valence-corrected chi connectivity index (χ1v) is 14.8. The van der Waals surface area contributed by atoms with Crippen LogP contribution in [0.25, 0.3) is 16.6 Å². The fourth-order valence-electron chi connectivity index (χ4n) is 6.98. The molecule has 14 heteroatoms. The second-order valence-corrected chi connectivity index (χ2v) is 11.2. The lowest BCUT2D eigenvalue weighted by Gasteiger charge is -2.59. The lowest BCUT2D eigenvalue weighted by atomic mass is 9.96. The number of H-pyrrole nitrogens is 2. The molecule has 7 heterocycles. The monoisotopic (exact) mass is 617 g/mol. The Hall–Kier alpha value is -5.86. The highest BCUT2D eigenvalue weighted by molar-refractivity contribution is 6.03. The number of aliphatic hydroxyl groups excluding tert-OH is 1. The lowest BCUT2D eigenvalue weighted by molar-refractivity contribution is -0.125. The van der Waals surface area contributed by atoms with E-state index in [1.165, 1.54) is 18.9 Å². The zero-order valence-electron chi connectivity index (χ0n) is 24.2. The lowest BCUT2D eigenvalue weighted by Crippen LogP contribution is -2.74. The van der Waals surface area contributed by atoms with Crippen LogP contribution in [-0.4, -0.2) is 60.6 Å². The van der Waals surface area contributed by atoms with Gasteiger partial charge in [0.1, 0.15) is 23.8 Å². The molecule has 14 nitrogen and oxygen atoms in total. The molecule has 0 saturated carbocycles. The highest BCUT2D eigenvalue weighted by Crippen LogP contribution is 2.56. The number of oxazole rings is 1. The number of amides is 1. The molecule has 0 bridgehead atoms. The maximum absolute atomic E-state index is 14.6. The Morgan fingerprint density at radius 2 is 1.91 bits per heavy atom. The summed E-state index contributed by atoms with van der Waals surface area (Å²) < 4.78 is 18.4. The number of hydrogen-bond acceptors (Lipinski definition) is 11. The van der Waals surface area contributed by atoms with Crippen molar-refractivity contribution in [2.75, 3.05) is 23.0 Å². The number of benzene rings is 2. The summed E-state index contributed by atoms with van der Waals surface area (Å²) >= 11 is 0. The van der Waals surface area contributed by atoms with E-state index in [0.717, 1.165) is 16.5 Å². The second-order valence-electron chi connectivity index (χ2n) is 11.2. The molecule has 4 N–H and O–H groups in total. The predicted octanol–water partition coefficient (Wildman–Crippen LogP) is 3.96. The molecule has 4 aromatic heterocycles. The van der Waals surface area contributed by atoms with Gasteiger partial charge in [-0.2, -0.15) is 0 Å². The van der Waals surface area contributed by atoms with E-state index in [2.05, 4.69) is 30.5 Å². The van der Waals surface area contributed by atoms with Crippen molar-refractivity contribution in [3.8, 4) is 0 Å². The van der Waals surface area contributed by atoms with Crippen LogP contribution >= 0.6 is 0 Å². The van der Waals surface area contributed by atoms with E-state index in [4.69, 9.17) is 13.6 Å². The van der Waals surface area contributed by atoms with Crippen molar-refractivity contribution in [2.24, 2.45) is 0 Å². The van der Waals surface area contributed by atoms with Gasteiger partial charge in [0.05, 0.1) is 24.9 Å². The first-order chi connectivity index (χ1) is 22.7. The summed E-state index contributed by atoms with van der Waals surface area (Å²) in [6, 6.07) is 20.1. The summed E-state index contributed by atoms with van der Waals surface area (Å²) in [5.74, 6) is -1.46. The molecular formula is C32H27N9O5. The number of anilines is 2. The van der Waals surface area contributed by atoms with Gasteiger partial charge in [-0.3, -0.25) is 24.8 Å². The summed E-state index contributed by atoms with van der Waals surface area (Å²) in [5.41, 5.74) is 3.11. The number of rotatable bonds is 6. The molecule has 3 unspecified atom stereocenters. The van der Waals surface area contributed by atoms with E-state index in [9.17, 15) is 9.90 Å². The van der Waals surface area contributed by atoms with Gasteiger partial charge in [0.15, 0.2) is 12.1 Å². The molecule has 2 aromatic carbocycles. The number of fused-ring (bicyclic) bond motifs is 2. The average molecular weight is 618 g/mol. The van der Waals surface area contributed by atoms with E-state index in [-0.39, 0.29) is 35.6 Å². The Morgan fingerprint density at radius 3 is 2.67 bits per heavy atom. The van der Waals surface area contributed by atoms with Crippen LogP contribution in [0.5, 0.6) is 0 Å². The number of nitrogens with one attached hydrogen (secondary N) is 3. The molecule has 3 atom stereocenters. The molecular weight excluding hydrogens is 590 g/mol. The van der Waals surface area contributed by atoms with Crippen LogP contribution < -0.4 is 15.1 Å². The summed E-state index contributed by atoms with van der Waals surface area (Å²) in [4.78, 5) is 31.1. The molecule has 0 aliphatic carbocycles. The highest BCUT2D eigenvalue weighted by atomic mass is 16.5. The van der Waals surface area contributed by atoms with E-state index >= 15 is 0 Å². The number of carbonyl (C=O) groups excluding carboxylic acids is 1. The van der Waals surface area contributed by atoms with Crippen LogP contribution in [0.2, 0.25) is 0 Å². The number of aromatic amines is 2. The summed E-state index contributed by atoms with van der Waals surface area (Å²) in [6.07, 6.45) is 5.14. The van der Waals surface area contributed by atoms with E-state index in [1.807, 2.05) is 71.6 Å². The zero-order valence-corrected chi connectivity index (χ0v) is 24.2. The van der Waals surface area contributed by atoms with Crippen LogP contribution in [0, 0.1) is 0 Å². The quantitative estimate of drug-likeness (QED) is 0.214. The minimum Gasteiger partial charge on any atom is -0.507 e. The smallest absolute Gasteiger partial charge is 0.286 e. The molecule has 1 amide bonds. The Kier molecular flexibility index (Phi) is 5.82. The third kappa shape index (κ3) is 3.64. The number of ether oxygens (including phenoxy) is 1. The van der Waals surface area contributed by atoms with Gasteiger partial charge < -0.3 is 28.6 Å². The third-order valence-electron chi connectivity index (χ3n) is 8.71. The highest BCUT2D eigenvalue weighted by Gasteiger charge is 2.67. The Balaban J connectivity index is 1.45. The van der Waals surface area contributed by atoms with Crippen molar-refractivity contribution in [2.45, 2.75) is 24.6 Å². The Labute approximate surface area is 260 Å². The molecule has 1 fully saturated rings. The van der Waals surface area contributed by atoms with Crippen molar-refractivity contribution in [3.63, 3.8) is 0 Å². The first-order valence-electron chi connectivity index (χ1n) is 14.8. The van der Waals surface area contributed by atoms with Gasteiger partial charge in [-0.25, -0.2) is 4.98 Å². The molecule has 0 radical (unpaired) electrons. The summed E-state index contributed by atoms with van der Waals surface area (Å²) in [5, 5.41) is 25.5. The number of aromatic nitrogens is 5. The van der Waals surface area contributed by atoms with Crippen molar-refractivity contribution in [1.29, 1.82) is 0 Å². The van der Waals surface area contributed by atoms with Gasteiger partial charge in [-0.15, -0.1) is 10.2 Å². The topological polar surface area (TPSA) is 165 Å². The number of aliphatic hydroxyl groups is 1. The summed E-state index contributed by atoms with van der Waals surface area (Å²) in [6.45, 7) is 0.859. The maximum Gasteiger partial charge on any atom is 0.286 e. The fraction of sp³-hybridized carbons (Fsp3) is 0.188. The molecule has 3 aliphatic heterocycles. The van der Waals surface area contributed by atoms with Gasteiger partial charge in [-0.05, 0) is 41.3 Å². The second kappa shape index (κ2) is 10.1. The third-order valence-corrected chi connectivity index (χ3v) is 8.71. The fourth-order valence-corrected chi connectivity index (χ4v) is 6.98. The molecule has 9 rings (SSSR count). The number of nitrogens with zero attached hydrogens (tertiary/aromatic N) is 6. The SMILES string of the molecule is O=C1Cc2ccccc2N1C1(c2nnco2)N(C2NCCO2)C(c2ncco2)=C(O)C(c2cc3ccccc3[nH]2)N1c1ccc[nH]1. The van der Waals surface area contributed by atoms with Gasteiger partial charge in [0, 0.05) is 24.0 Å². The summed E-state index contributed by atoms with van der Waals surface area (Å²) in [7, 11) is 0. The molecule has 6 aromatic rings. The largest absolute Gasteiger partial charge is 0.507 e. The minimum atomic E-state index is -1.80. The molecule has 3 aliphatic rings. The van der Waals surface area contributed by atoms with Crippen LogP contribution in [0.1, 0.15) is 29.1 Å². The zero-order chi connectivity index (χ0) is 30.8. The van der Waals surface area contributed by atoms with Crippen molar-refractivity contribution in [1.82, 2.24) is 35.4 Å². The van der Waals surface area contributed by atoms with Gasteiger partial charge in [0.25, 0.3) is 11.7 Å². The number of hydrogen-bond donors (Lipinski definition) is 4. The number of carbonyl (C=O) groups is 1. The number of para-hydroxylation sites is 2. The van der Waals surface area contributed by atoms with Crippen LogP contribution in [0.3, 0.4) is 0 Å². The average Bonchev–Trinajstić information content (AvgIpc) is 3.92. The van der Waals surface area contributed by atoms with Crippen LogP contribution in [0.15, 0.2) is 106 Å². The molecule has 46 heavy (non-hydrogen) atoms. The maximum atomic E-state index is 14.6. The normalized spacial score (nSPS) is 23.2. The predicted molar refractivity (Wildman–Crippen MR) is 164 cm³/mol. The first kappa shape index (κ1) is 26.5. The Bertz CT molecular complexity index is 2030. The van der Waals surface area contributed by atoms with Crippen molar-refractivity contribution < 1.29 is 23.5 Å². The van der Waals surface area contributed by atoms with Crippen molar-refractivity contribution >= 4 is 34.0 Å². The minimum absolute atomic E-state index is 0.0436. The Morgan fingerprint density at radius 1 is 1.02 bits per heavy atom. The van der Waals surface area contributed by atoms with Gasteiger partial charge in [-0.1, -0.05) is 36.4 Å². The standard InChI is InChI=1S/C32H27N9O5/c42-25-17-20-7-2-4-9-23(20)39(25)32(30-38-36-18-46-30)40(24-10-5-11-33-24)26(22-16-19-6-1-3-8-21(19)37-22)28(43)27(29-34-12-14-44-29)41(32)31-35-13-15-45-31/h1-12,14,16,18,26,31,33,35,37,43H,13,15,17H2. The van der Waals surface area contributed by atoms with E-state index < -0.39 is 18.2 Å². The van der Waals surface area contributed by atoms with E-state index in [0.29, 0.717) is 30.4 Å². The molecule has 1 saturated heterocycles. The van der Waals surface area contributed by atoms with Gasteiger partial charge >= 0.3 is 0 Å².